The van der Waals surface area contributed by atoms with Crippen LogP contribution in [0.4, 0.5) is 0 Å². The molecule has 1 spiro atoms. The molecule has 4 rings (SSSR count). The second-order valence-corrected chi connectivity index (χ2v) is 6.09. The van der Waals surface area contributed by atoms with Crippen LogP contribution in [0.3, 0.4) is 0 Å². The van der Waals surface area contributed by atoms with Gasteiger partial charge in [-0.3, -0.25) is 4.90 Å². The number of nitrogens with zero attached hydrogens (tertiary/aromatic N) is 1. The van der Waals surface area contributed by atoms with E-state index in [9.17, 15) is 4.79 Å². The fourth-order valence-corrected chi connectivity index (χ4v) is 4.50. The molecule has 4 heteroatoms. The van der Waals surface area contributed by atoms with Gasteiger partial charge in [-0.1, -0.05) is 12.2 Å². The van der Waals surface area contributed by atoms with E-state index in [-0.39, 0.29) is 17.7 Å². The first-order valence-electron chi connectivity index (χ1n) is 7.09. The first-order valence-corrected chi connectivity index (χ1v) is 7.09. The van der Waals surface area contributed by atoms with Crippen LogP contribution in [0.1, 0.15) is 26.2 Å². The predicted octanol–water partition coefficient (Wildman–Crippen LogP) is 1.42. The predicted molar refractivity (Wildman–Crippen MR) is 69.6 cm³/mol. The second-order valence-electron chi connectivity index (χ2n) is 6.09. The van der Waals surface area contributed by atoms with E-state index in [1.165, 1.54) is 0 Å². The van der Waals surface area contributed by atoms with Gasteiger partial charge in [0.15, 0.2) is 5.60 Å². The van der Waals surface area contributed by atoms with Crippen molar-refractivity contribution in [3.63, 3.8) is 0 Å². The third-order valence-corrected chi connectivity index (χ3v) is 5.37. The summed E-state index contributed by atoms with van der Waals surface area (Å²) in [6.45, 7) is 2.13. The minimum Gasteiger partial charge on any atom is -0.449 e. The zero-order valence-electron chi connectivity index (χ0n) is 11.3. The maximum Gasteiger partial charge on any atom is 0.332 e. The van der Waals surface area contributed by atoms with Crippen LogP contribution in [-0.2, 0) is 14.3 Å². The van der Waals surface area contributed by atoms with Crippen LogP contribution in [0.5, 0.6) is 0 Å². The van der Waals surface area contributed by atoms with Crippen LogP contribution in [0, 0.1) is 0 Å². The number of carbonyl (C=O) groups excluding carboxylic acids is 1. The van der Waals surface area contributed by atoms with Gasteiger partial charge in [0.25, 0.3) is 0 Å². The van der Waals surface area contributed by atoms with Crippen LogP contribution < -0.4 is 0 Å². The molecular formula is C15H19NO3. The van der Waals surface area contributed by atoms with Crippen molar-refractivity contribution in [3.05, 3.63) is 23.8 Å². The fourth-order valence-electron chi connectivity index (χ4n) is 4.50. The van der Waals surface area contributed by atoms with Crippen LogP contribution >= 0.6 is 0 Å². The molecule has 19 heavy (non-hydrogen) atoms. The quantitative estimate of drug-likeness (QED) is 0.705. The Kier molecular flexibility index (Phi) is 2.28. The minimum absolute atomic E-state index is 0.176. The fraction of sp³-hybridized carbons (Fsp3) is 0.667. The lowest BCUT2D eigenvalue weighted by Gasteiger charge is -2.33. The summed E-state index contributed by atoms with van der Waals surface area (Å²) in [6, 6.07) is 1.15. The van der Waals surface area contributed by atoms with Crippen molar-refractivity contribution in [1.29, 1.82) is 0 Å². The lowest BCUT2D eigenvalue weighted by molar-refractivity contribution is -0.147. The Labute approximate surface area is 113 Å². The number of hydrogen-bond acceptors (Lipinski definition) is 4. The first-order chi connectivity index (χ1) is 9.15. The number of carbonyl (C=O) groups is 1. The molecular weight excluding hydrogens is 242 g/mol. The molecule has 3 aliphatic heterocycles. The molecule has 0 saturated carbocycles. The largest absolute Gasteiger partial charge is 0.449 e. The maximum absolute atomic E-state index is 11.7. The molecule has 3 heterocycles. The molecule has 2 saturated heterocycles. The van der Waals surface area contributed by atoms with Crippen molar-refractivity contribution in [2.24, 2.45) is 0 Å². The van der Waals surface area contributed by atoms with E-state index in [1.807, 2.05) is 0 Å². The molecule has 2 fully saturated rings. The molecule has 5 atom stereocenters. The number of ether oxygens (including phenoxy) is 2. The molecule has 0 amide bonds. The molecule has 0 N–H and O–H groups in total. The van der Waals surface area contributed by atoms with Crippen LogP contribution in [-0.4, -0.2) is 47.8 Å². The highest BCUT2D eigenvalue weighted by molar-refractivity contribution is 5.88. The average Bonchev–Trinajstić information content (AvgIpc) is 3.02. The Morgan fingerprint density at radius 2 is 2.37 bits per heavy atom. The topological polar surface area (TPSA) is 38.8 Å². The van der Waals surface area contributed by atoms with Gasteiger partial charge in [0.05, 0.1) is 12.1 Å². The van der Waals surface area contributed by atoms with E-state index < -0.39 is 0 Å². The Morgan fingerprint density at radius 3 is 3.16 bits per heavy atom. The van der Waals surface area contributed by atoms with Crippen LogP contribution in [0.2, 0.25) is 0 Å². The number of rotatable bonds is 2. The summed E-state index contributed by atoms with van der Waals surface area (Å²) in [6.07, 6.45) is 9.33. The van der Waals surface area contributed by atoms with Crippen molar-refractivity contribution in [2.45, 2.75) is 56.0 Å². The summed E-state index contributed by atoms with van der Waals surface area (Å²) >= 11 is 0. The third kappa shape index (κ3) is 1.33. The van der Waals surface area contributed by atoms with Gasteiger partial charge >= 0.3 is 5.97 Å². The molecule has 1 aliphatic carbocycles. The molecule has 2 bridgehead atoms. The van der Waals surface area contributed by atoms with Crippen molar-refractivity contribution in [1.82, 2.24) is 4.90 Å². The van der Waals surface area contributed by atoms with Gasteiger partial charge in [0.2, 0.25) is 0 Å². The monoisotopic (exact) mass is 261 g/mol. The lowest BCUT2D eigenvalue weighted by Crippen LogP contribution is -2.47. The van der Waals surface area contributed by atoms with Crippen LogP contribution in [0.25, 0.3) is 0 Å². The van der Waals surface area contributed by atoms with Gasteiger partial charge in [-0.05, 0) is 19.8 Å². The van der Waals surface area contributed by atoms with Crippen molar-refractivity contribution in [2.75, 3.05) is 7.11 Å². The normalized spacial score (nSPS) is 44.8. The first kappa shape index (κ1) is 11.7. The van der Waals surface area contributed by atoms with Gasteiger partial charge in [-0.2, -0.15) is 0 Å². The molecule has 4 nitrogen and oxygen atoms in total. The van der Waals surface area contributed by atoms with Gasteiger partial charge in [-0.25, -0.2) is 4.79 Å². The third-order valence-electron chi connectivity index (χ3n) is 5.37. The minimum atomic E-state index is -0.362. The summed E-state index contributed by atoms with van der Waals surface area (Å²) in [4.78, 5) is 14.2. The highest BCUT2D eigenvalue weighted by Gasteiger charge is 2.63. The maximum atomic E-state index is 11.7. The molecule has 4 aliphatic rings. The average molecular weight is 261 g/mol. The Balaban J connectivity index is 1.74. The van der Waals surface area contributed by atoms with E-state index >= 15 is 0 Å². The zero-order chi connectivity index (χ0) is 13.2. The smallest absolute Gasteiger partial charge is 0.332 e. The number of hydrogen-bond donors (Lipinski definition) is 0. The van der Waals surface area contributed by atoms with Crippen molar-refractivity contribution in [3.8, 4) is 0 Å². The molecule has 0 aromatic rings. The summed E-state index contributed by atoms with van der Waals surface area (Å²) < 4.78 is 11.3. The van der Waals surface area contributed by atoms with Gasteiger partial charge in [0, 0.05) is 37.3 Å². The number of fused-ring (bicyclic) bond motifs is 3. The van der Waals surface area contributed by atoms with E-state index in [1.54, 1.807) is 13.2 Å². The Bertz CT molecular complexity index is 498. The van der Waals surface area contributed by atoms with E-state index in [2.05, 4.69) is 24.0 Å². The van der Waals surface area contributed by atoms with Gasteiger partial charge in [0.1, 0.15) is 0 Å². The zero-order valence-corrected chi connectivity index (χ0v) is 11.3. The van der Waals surface area contributed by atoms with Crippen molar-refractivity contribution < 1.29 is 14.3 Å². The molecule has 0 aromatic heterocycles. The molecule has 0 aromatic carbocycles. The summed E-state index contributed by atoms with van der Waals surface area (Å²) in [7, 11) is 1.77. The molecule has 102 valence electrons. The standard InChI is InChI=1S/C15H19NO3/c1-9(18-2)12-5-6-13-15-8-11(16(12)13)4-3-10(15)7-14(17)19-15/h3-4,7,9,11-13H,5-6,8H2,1-2H3/t9?,11-,12+,13-,15+/m1/s1. The van der Waals surface area contributed by atoms with E-state index in [4.69, 9.17) is 9.47 Å². The second kappa shape index (κ2) is 3.70. The number of methoxy groups -OCH3 is 1. The van der Waals surface area contributed by atoms with Gasteiger partial charge in [-0.15, -0.1) is 0 Å². The van der Waals surface area contributed by atoms with Gasteiger partial charge < -0.3 is 9.47 Å². The molecule has 0 radical (unpaired) electrons. The molecule has 1 unspecified atom stereocenters. The van der Waals surface area contributed by atoms with Crippen molar-refractivity contribution >= 4 is 5.97 Å². The SMILES string of the molecule is COC(C)[C@@H]1CC[C@H]2N1[C@@H]1C=CC3=CC(=O)O[C@@]32C1. The summed E-state index contributed by atoms with van der Waals surface area (Å²) in [5.74, 6) is -0.176. The van der Waals surface area contributed by atoms with E-state index in [0.29, 0.717) is 18.1 Å². The lowest BCUT2D eigenvalue weighted by atomic mass is 9.81. The van der Waals surface area contributed by atoms with E-state index in [0.717, 1.165) is 24.8 Å². The highest BCUT2D eigenvalue weighted by atomic mass is 16.6. The van der Waals surface area contributed by atoms with Crippen LogP contribution in [0.15, 0.2) is 23.8 Å². The Hall–Kier alpha value is -1.13. The highest BCUT2D eigenvalue weighted by Crippen LogP contribution is 2.54. The summed E-state index contributed by atoms with van der Waals surface area (Å²) in [5.41, 5.74) is 0.714. The Morgan fingerprint density at radius 1 is 1.53 bits per heavy atom. The number of esters is 1. The summed E-state index contributed by atoms with van der Waals surface area (Å²) in [5, 5.41) is 0.